The van der Waals surface area contributed by atoms with Gasteiger partial charge in [0.15, 0.2) is 0 Å². The van der Waals surface area contributed by atoms with Gasteiger partial charge in [-0.25, -0.2) is 0 Å². The van der Waals surface area contributed by atoms with Crippen LogP contribution in [0, 0.1) is 0 Å². The predicted octanol–water partition coefficient (Wildman–Crippen LogP) is 4.46. The number of benzene rings is 2. The van der Waals surface area contributed by atoms with Gasteiger partial charge < -0.3 is 5.32 Å². The summed E-state index contributed by atoms with van der Waals surface area (Å²) in [6.07, 6.45) is 3.88. The molecule has 2 atom stereocenters. The number of fused-ring (bicyclic) bond motifs is 1. The second kappa shape index (κ2) is 6.23. The number of aryl methyl sites for hydroxylation is 1. The molecule has 0 radical (unpaired) electrons. The highest BCUT2D eigenvalue weighted by atomic mass is 14.9. The van der Waals surface area contributed by atoms with E-state index in [9.17, 15) is 0 Å². The van der Waals surface area contributed by atoms with Crippen molar-refractivity contribution in [2.45, 2.75) is 38.1 Å². The van der Waals surface area contributed by atoms with E-state index in [0.717, 1.165) is 6.54 Å². The zero-order valence-electron chi connectivity index (χ0n) is 12.2. The number of rotatable bonds is 4. The molecule has 2 unspecified atom stereocenters. The van der Waals surface area contributed by atoms with Gasteiger partial charge in [0.2, 0.25) is 0 Å². The van der Waals surface area contributed by atoms with Crippen LogP contribution in [0.5, 0.6) is 0 Å². The molecule has 104 valence electrons. The maximum Gasteiger partial charge on any atom is 0.0292 e. The minimum atomic E-state index is 0.422. The molecule has 0 fully saturated rings. The Morgan fingerprint density at radius 2 is 1.80 bits per heavy atom. The summed E-state index contributed by atoms with van der Waals surface area (Å²) >= 11 is 0. The summed E-state index contributed by atoms with van der Waals surface area (Å²) in [6, 6.07) is 20.1. The Kier molecular flexibility index (Phi) is 4.17. The third-order valence-corrected chi connectivity index (χ3v) is 4.46. The van der Waals surface area contributed by atoms with Crippen molar-refractivity contribution in [3.63, 3.8) is 0 Å². The predicted molar refractivity (Wildman–Crippen MR) is 85.0 cm³/mol. The minimum absolute atomic E-state index is 0.422. The Bertz CT molecular complexity index is 547. The highest BCUT2D eigenvalue weighted by Gasteiger charge is 2.20. The zero-order chi connectivity index (χ0) is 13.8. The fraction of sp³-hybridized carbons (Fsp3) is 0.368. The van der Waals surface area contributed by atoms with Gasteiger partial charge in [-0.05, 0) is 48.8 Å². The van der Waals surface area contributed by atoms with E-state index >= 15 is 0 Å². The molecule has 0 saturated carbocycles. The Morgan fingerprint density at radius 1 is 1.05 bits per heavy atom. The molecule has 3 rings (SSSR count). The van der Waals surface area contributed by atoms with Crippen LogP contribution in [-0.2, 0) is 6.42 Å². The van der Waals surface area contributed by atoms with E-state index in [1.807, 2.05) is 0 Å². The van der Waals surface area contributed by atoms with Gasteiger partial charge in [-0.15, -0.1) is 0 Å². The smallest absolute Gasteiger partial charge is 0.0292 e. The Hall–Kier alpha value is -1.60. The molecular weight excluding hydrogens is 242 g/mol. The molecule has 0 heterocycles. The van der Waals surface area contributed by atoms with Crippen LogP contribution < -0.4 is 5.32 Å². The molecule has 1 N–H and O–H groups in total. The lowest BCUT2D eigenvalue weighted by atomic mass is 9.82. The van der Waals surface area contributed by atoms with Crippen LogP contribution in [0.1, 0.15) is 48.4 Å². The highest BCUT2D eigenvalue weighted by molar-refractivity contribution is 5.33. The number of nitrogens with one attached hydrogen (secondary N) is 1. The van der Waals surface area contributed by atoms with E-state index < -0.39 is 0 Å². The molecular formula is C19H23N. The van der Waals surface area contributed by atoms with Gasteiger partial charge in [0.25, 0.3) is 0 Å². The molecule has 20 heavy (non-hydrogen) atoms. The zero-order valence-corrected chi connectivity index (χ0v) is 12.2. The summed E-state index contributed by atoms with van der Waals surface area (Å²) in [4.78, 5) is 0. The number of hydrogen-bond acceptors (Lipinski definition) is 1. The summed E-state index contributed by atoms with van der Waals surface area (Å²) < 4.78 is 0. The molecule has 0 saturated heterocycles. The van der Waals surface area contributed by atoms with Crippen molar-refractivity contribution < 1.29 is 0 Å². The fourth-order valence-electron chi connectivity index (χ4n) is 3.25. The molecule has 2 aromatic carbocycles. The van der Waals surface area contributed by atoms with Crippen molar-refractivity contribution in [3.8, 4) is 0 Å². The molecule has 0 aromatic heterocycles. The van der Waals surface area contributed by atoms with Crippen molar-refractivity contribution in [1.82, 2.24) is 5.32 Å². The molecule has 1 nitrogen and oxygen atoms in total. The molecule has 0 aliphatic heterocycles. The van der Waals surface area contributed by atoms with E-state index in [0.29, 0.717) is 12.0 Å². The van der Waals surface area contributed by atoms with Gasteiger partial charge in [-0.3, -0.25) is 0 Å². The lowest BCUT2D eigenvalue weighted by Crippen LogP contribution is -2.26. The third kappa shape index (κ3) is 2.94. The largest absolute Gasteiger partial charge is 0.310 e. The van der Waals surface area contributed by atoms with Crippen LogP contribution in [0.3, 0.4) is 0 Å². The van der Waals surface area contributed by atoms with Crippen LogP contribution in [0.4, 0.5) is 0 Å². The highest BCUT2D eigenvalue weighted by Crippen LogP contribution is 2.31. The first-order valence-corrected chi connectivity index (χ1v) is 7.71. The average Bonchev–Trinajstić information content (AvgIpc) is 2.53. The van der Waals surface area contributed by atoms with E-state index in [4.69, 9.17) is 0 Å². The maximum atomic E-state index is 3.71. The molecule has 0 bridgehead atoms. The van der Waals surface area contributed by atoms with Crippen LogP contribution in [0.25, 0.3) is 0 Å². The van der Waals surface area contributed by atoms with Gasteiger partial charge >= 0.3 is 0 Å². The first kappa shape index (κ1) is 13.4. The van der Waals surface area contributed by atoms with Crippen LogP contribution >= 0.6 is 0 Å². The fourth-order valence-corrected chi connectivity index (χ4v) is 3.25. The van der Waals surface area contributed by atoms with Gasteiger partial charge in [-0.1, -0.05) is 54.6 Å². The first-order valence-electron chi connectivity index (χ1n) is 7.71. The van der Waals surface area contributed by atoms with Crippen molar-refractivity contribution in [2.75, 3.05) is 6.54 Å². The van der Waals surface area contributed by atoms with Gasteiger partial charge in [0, 0.05) is 12.6 Å². The molecule has 1 heteroatoms. The maximum absolute atomic E-state index is 3.71. The summed E-state index contributed by atoms with van der Waals surface area (Å²) in [7, 11) is 0. The lowest BCUT2D eigenvalue weighted by molar-refractivity contribution is 0.473. The monoisotopic (exact) mass is 265 g/mol. The Balaban J connectivity index is 1.65. The first-order chi connectivity index (χ1) is 9.84. The van der Waals surface area contributed by atoms with Crippen molar-refractivity contribution in [1.29, 1.82) is 0 Å². The molecule has 1 aliphatic carbocycles. The molecule has 0 amide bonds. The second-order valence-electron chi connectivity index (χ2n) is 5.83. The standard InChI is InChI=1S/C19H23N/c1-15(16-8-3-2-4-9-16)20-14-18-12-7-11-17-10-5-6-13-19(17)18/h2-6,8-10,13,15,18,20H,7,11-12,14H2,1H3. The van der Waals surface area contributed by atoms with E-state index in [-0.39, 0.29) is 0 Å². The normalized spacial score (nSPS) is 19.4. The summed E-state index contributed by atoms with van der Waals surface area (Å²) in [5, 5.41) is 3.71. The summed E-state index contributed by atoms with van der Waals surface area (Å²) in [5.41, 5.74) is 4.49. The van der Waals surface area contributed by atoms with Crippen molar-refractivity contribution in [2.24, 2.45) is 0 Å². The van der Waals surface area contributed by atoms with Gasteiger partial charge in [0.1, 0.15) is 0 Å². The van der Waals surface area contributed by atoms with E-state index in [1.54, 1.807) is 11.1 Å². The lowest BCUT2D eigenvalue weighted by Gasteiger charge is -2.27. The molecule has 0 spiro atoms. The molecule has 1 aliphatic rings. The van der Waals surface area contributed by atoms with Crippen LogP contribution in [0.2, 0.25) is 0 Å². The van der Waals surface area contributed by atoms with Crippen LogP contribution in [0.15, 0.2) is 54.6 Å². The quantitative estimate of drug-likeness (QED) is 0.860. The topological polar surface area (TPSA) is 12.0 Å². The Labute approximate surface area is 122 Å². The second-order valence-corrected chi connectivity index (χ2v) is 5.83. The van der Waals surface area contributed by atoms with Gasteiger partial charge in [0.05, 0.1) is 0 Å². The van der Waals surface area contributed by atoms with Gasteiger partial charge in [-0.2, -0.15) is 0 Å². The average molecular weight is 265 g/mol. The summed E-state index contributed by atoms with van der Waals surface area (Å²) in [5.74, 6) is 0.672. The van der Waals surface area contributed by atoms with Crippen LogP contribution in [-0.4, -0.2) is 6.54 Å². The van der Waals surface area contributed by atoms with E-state index in [2.05, 4.69) is 66.8 Å². The Morgan fingerprint density at radius 3 is 2.65 bits per heavy atom. The third-order valence-electron chi connectivity index (χ3n) is 4.46. The molecule has 2 aromatic rings. The minimum Gasteiger partial charge on any atom is -0.310 e. The van der Waals surface area contributed by atoms with Crippen molar-refractivity contribution in [3.05, 3.63) is 71.3 Å². The van der Waals surface area contributed by atoms with E-state index in [1.165, 1.54) is 24.8 Å². The SMILES string of the molecule is CC(NCC1CCCc2ccccc21)c1ccccc1. The summed E-state index contributed by atoms with van der Waals surface area (Å²) in [6.45, 7) is 3.33. The van der Waals surface area contributed by atoms with Crippen molar-refractivity contribution >= 4 is 0 Å². The number of hydrogen-bond donors (Lipinski definition) is 1.